The van der Waals surface area contributed by atoms with Gasteiger partial charge in [-0.05, 0) is 38.5 Å². The topological polar surface area (TPSA) is 89.8 Å². The van der Waals surface area contributed by atoms with Crippen LogP contribution >= 0.6 is 0 Å². The molecule has 0 saturated carbocycles. The van der Waals surface area contributed by atoms with Gasteiger partial charge in [0.25, 0.3) is 0 Å². The highest BCUT2D eigenvalue weighted by atomic mass is 16.3. The number of hydrogen-bond acceptors (Lipinski definition) is 4. The Hall–Kier alpha value is -0.910. The van der Waals surface area contributed by atoms with Gasteiger partial charge in [-0.3, -0.25) is 4.79 Å². The predicted octanol–water partition coefficient (Wildman–Crippen LogP) is 16.3. The molecule has 352 valence electrons. The van der Waals surface area contributed by atoms with Gasteiger partial charge in [-0.1, -0.05) is 276 Å². The summed E-state index contributed by atoms with van der Waals surface area (Å²) < 4.78 is 0. The zero-order valence-electron chi connectivity index (χ0n) is 40.2. The first-order chi connectivity index (χ1) is 29.1. The maximum absolute atomic E-state index is 12.5. The van der Waals surface area contributed by atoms with Crippen molar-refractivity contribution in [3.05, 3.63) is 12.2 Å². The van der Waals surface area contributed by atoms with Crippen molar-refractivity contribution in [2.45, 2.75) is 321 Å². The zero-order chi connectivity index (χ0) is 43.0. The molecule has 0 rings (SSSR count). The Morgan fingerprint density at radius 1 is 0.390 bits per heavy atom. The molecule has 0 heterocycles. The number of aliphatic hydroxyl groups excluding tert-OH is 3. The van der Waals surface area contributed by atoms with Gasteiger partial charge in [0.2, 0.25) is 5.91 Å². The normalized spacial score (nSPS) is 13.4. The molecule has 0 saturated heterocycles. The maximum atomic E-state index is 12.5. The van der Waals surface area contributed by atoms with E-state index in [-0.39, 0.29) is 6.61 Å². The Labute approximate surface area is 369 Å². The van der Waals surface area contributed by atoms with E-state index in [0.29, 0.717) is 12.8 Å². The summed E-state index contributed by atoms with van der Waals surface area (Å²) in [5, 5.41) is 33.4. The van der Waals surface area contributed by atoms with Gasteiger partial charge in [-0.25, -0.2) is 0 Å². The van der Waals surface area contributed by atoms with Crippen LogP contribution in [0.3, 0.4) is 0 Å². The fourth-order valence-corrected chi connectivity index (χ4v) is 8.66. The van der Waals surface area contributed by atoms with Crippen LogP contribution in [-0.2, 0) is 4.79 Å². The van der Waals surface area contributed by atoms with Gasteiger partial charge in [0, 0.05) is 0 Å². The van der Waals surface area contributed by atoms with Crippen molar-refractivity contribution in [2.24, 2.45) is 0 Å². The molecule has 0 fully saturated rings. The molecule has 5 nitrogen and oxygen atoms in total. The summed E-state index contributed by atoms with van der Waals surface area (Å²) in [5.41, 5.74) is 0. The molecular weight excluding hydrogens is 727 g/mol. The van der Waals surface area contributed by atoms with E-state index < -0.39 is 24.2 Å². The third kappa shape index (κ3) is 44.9. The zero-order valence-corrected chi connectivity index (χ0v) is 40.2. The molecule has 0 bridgehead atoms. The number of allylic oxidation sites excluding steroid dienone is 2. The first-order valence-corrected chi connectivity index (χ1v) is 27.0. The summed E-state index contributed by atoms with van der Waals surface area (Å²) in [4.78, 5) is 12.5. The molecule has 0 radical (unpaired) electrons. The van der Waals surface area contributed by atoms with Crippen LogP contribution < -0.4 is 5.32 Å². The lowest BCUT2D eigenvalue weighted by molar-refractivity contribution is -0.131. The monoisotopic (exact) mass is 834 g/mol. The first kappa shape index (κ1) is 58.1. The second-order valence-corrected chi connectivity index (χ2v) is 18.8. The molecule has 3 unspecified atom stereocenters. The molecule has 59 heavy (non-hydrogen) atoms. The highest BCUT2D eigenvalue weighted by Gasteiger charge is 2.23. The van der Waals surface area contributed by atoms with Crippen LogP contribution in [-0.4, -0.2) is 46.1 Å². The number of unbranched alkanes of at least 4 members (excludes halogenated alkanes) is 40. The highest BCUT2D eigenvalue weighted by molar-refractivity contribution is 5.80. The van der Waals surface area contributed by atoms with Crippen molar-refractivity contribution in [2.75, 3.05) is 6.61 Å². The van der Waals surface area contributed by atoms with E-state index in [1.54, 1.807) is 0 Å². The second-order valence-electron chi connectivity index (χ2n) is 18.8. The summed E-state index contributed by atoms with van der Waals surface area (Å²) in [7, 11) is 0. The summed E-state index contributed by atoms with van der Waals surface area (Å²) in [5.74, 6) is -0.466. The first-order valence-electron chi connectivity index (χ1n) is 27.0. The van der Waals surface area contributed by atoms with Gasteiger partial charge >= 0.3 is 0 Å². The Kier molecular flexibility index (Phi) is 49.0. The van der Waals surface area contributed by atoms with Gasteiger partial charge in [0.05, 0.1) is 18.8 Å². The lowest BCUT2D eigenvalue weighted by Gasteiger charge is -2.23. The Bertz CT molecular complexity index is 833. The molecule has 0 aliphatic carbocycles. The van der Waals surface area contributed by atoms with Crippen molar-refractivity contribution in [3.8, 4) is 0 Å². The van der Waals surface area contributed by atoms with E-state index in [4.69, 9.17) is 0 Å². The molecule has 3 atom stereocenters. The van der Waals surface area contributed by atoms with Crippen LogP contribution in [0.2, 0.25) is 0 Å². The van der Waals surface area contributed by atoms with Crippen molar-refractivity contribution >= 4 is 5.91 Å². The standard InChI is InChI=1S/C54H107NO4/c1-3-5-7-9-11-13-15-17-18-19-20-21-22-23-24-25-26-27-28-29-30-31-32-33-34-35-37-39-41-43-45-47-49-53(58)54(59)55-51(50-56)52(57)48-46-44-42-40-38-36-16-14-12-10-8-6-4-2/h23-24,51-53,56-58H,3-22,25-50H2,1-2H3,(H,55,59)/b24-23-. The van der Waals surface area contributed by atoms with E-state index >= 15 is 0 Å². The number of aliphatic hydroxyl groups is 3. The summed E-state index contributed by atoms with van der Waals surface area (Å²) in [6.07, 6.45) is 61.2. The van der Waals surface area contributed by atoms with Crippen LogP contribution in [0.15, 0.2) is 12.2 Å². The van der Waals surface area contributed by atoms with Gasteiger partial charge in [-0.15, -0.1) is 0 Å². The molecule has 0 aromatic carbocycles. The van der Waals surface area contributed by atoms with Gasteiger partial charge < -0.3 is 20.6 Å². The van der Waals surface area contributed by atoms with Crippen molar-refractivity contribution < 1.29 is 20.1 Å². The number of hydrogen-bond donors (Lipinski definition) is 4. The second kappa shape index (κ2) is 49.7. The van der Waals surface area contributed by atoms with Crippen molar-refractivity contribution in [1.82, 2.24) is 5.32 Å². The largest absolute Gasteiger partial charge is 0.394 e. The van der Waals surface area contributed by atoms with Crippen molar-refractivity contribution in [1.29, 1.82) is 0 Å². The van der Waals surface area contributed by atoms with E-state index in [1.807, 2.05) is 0 Å². The van der Waals surface area contributed by atoms with Crippen LogP contribution in [0.4, 0.5) is 0 Å². The number of amides is 1. The Balaban J connectivity index is 3.46. The summed E-state index contributed by atoms with van der Waals surface area (Å²) in [6, 6.07) is -0.708. The van der Waals surface area contributed by atoms with E-state index in [2.05, 4.69) is 31.3 Å². The molecule has 0 aromatic rings. The smallest absolute Gasteiger partial charge is 0.249 e. The molecule has 0 aliphatic heterocycles. The predicted molar refractivity (Wildman–Crippen MR) is 259 cm³/mol. The number of rotatable bonds is 50. The average molecular weight is 834 g/mol. The summed E-state index contributed by atoms with van der Waals surface area (Å²) >= 11 is 0. The molecule has 0 spiro atoms. The molecule has 4 N–H and O–H groups in total. The van der Waals surface area contributed by atoms with Gasteiger partial charge in [-0.2, -0.15) is 0 Å². The van der Waals surface area contributed by atoms with Crippen molar-refractivity contribution in [3.63, 3.8) is 0 Å². The third-order valence-electron chi connectivity index (χ3n) is 12.9. The number of nitrogens with one attached hydrogen (secondary N) is 1. The van der Waals surface area contributed by atoms with Crippen LogP contribution in [0, 0.1) is 0 Å². The van der Waals surface area contributed by atoms with Crippen LogP contribution in [0.1, 0.15) is 303 Å². The fourth-order valence-electron chi connectivity index (χ4n) is 8.66. The number of carbonyl (C=O) groups excluding carboxylic acids is 1. The van der Waals surface area contributed by atoms with Crippen LogP contribution in [0.25, 0.3) is 0 Å². The Morgan fingerprint density at radius 3 is 0.932 bits per heavy atom. The Morgan fingerprint density at radius 2 is 0.644 bits per heavy atom. The lowest BCUT2D eigenvalue weighted by atomic mass is 10.0. The van der Waals surface area contributed by atoms with E-state index in [1.165, 1.54) is 244 Å². The van der Waals surface area contributed by atoms with Gasteiger partial charge in [0.15, 0.2) is 0 Å². The fraction of sp³-hybridized carbons (Fsp3) is 0.944. The minimum Gasteiger partial charge on any atom is -0.394 e. The average Bonchev–Trinajstić information content (AvgIpc) is 3.24. The minimum absolute atomic E-state index is 0.309. The number of carbonyl (C=O) groups is 1. The summed E-state index contributed by atoms with van der Waals surface area (Å²) in [6.45, 7) is 4.25. The third-order valence-corrected chi connectivity index (χ3v) is 12.9. The molecule has 1 amide bonds. The van der Waals surface area contributed by atoms with E-state index in [9.17, 15) is 20.1 Å². The lowest BCUT2D eigenvalue weighted by Crippen LogP contribution is -2.49. The quantitative estimate of drug-likeness (QED) is 0.0363. The van der Waals surface area contributed by atoms with E-state index in [0.717, 1.165) is 32.1 Å². The minimum atomic E-state index is -1.07. The molecule has 5 heteroatoms. The molecule has 0 aromatic heterocycles. The SMILES string of the molecule is CCCCCCCCCCCCCC/C=C\CCCCCCCCCCCCCCCCCCC(O)C(=O)NC(CO)C(O)CCCCCCCCCCCCCCC. The molecular formula is C54H107NO4. The molecule has 0 aliphatic rings. The van der Waals surface area contributed by atoms with Crippen LogP contribution in [0.5, 0.6) is 0 Å². The van der Waals surface area contributed by atoms with Gasteiger partial charge in [0.1, 0.15) is 6.10 Å². The maximum Gasteiger partial charge on any atom is 0.249 e. The highest BCUT2D eigenvalue weighted by Crippen LogP contribution is 2.18.